The van der Waals surface area contributed by atoms with Gasteiger partial charge in [-0.1, -0.05) is 13.0 Å². The van der Waals surface area contributed by atoms with Gasteiger partial charge in [-0.15, -0.1) is 0 Å². The SMILES string of the molecule is CC(CO)(CO)CO.Cc1ccc(F)cc1C1CC(=O)CC(=O)C1. The van der Waals surface area contributed by atoms with Gasteiger partial charge in [-0.3, -0.25) is 9.59 Å². The largest absolute Gasteiger partial charge is 0.396 e. The molecule has 3 N–H and O–H groups in total. The van der Waals surface area contributed by atoms with E-state index < -0.39 is 5.41 Å². The number of halogens is 1. The molecule has 0 atom stereocenters. The second-order valence-corrected chi connectivity index (χ2v) is 6.65. The van der Waals surface area contributed by atoms with Crippen LogP contribution in [0.25, 0.3) is 0 Å². The Morgan fingerprint density at radius 1 is 1.08 bits per heavy atom. The molecule has 1 aliphatic carbocycles. The van der Waals surface area contributed by atoms with Gasteiger partial charge in [0.1, 0.15) is 17.4 Å². The second kappa shape index (κ2) is 9.01. The zero-order valence-corrected chi connectivity index (χ0v) is 14.1. The normalized spacial score (nSPS) is 15.9. The molecule has 0 saturated heterocycles. The molecular weight excluding hydrogens is 315 g/mol. The molecular formula is C18H25FO5. The van der Waals surface area contributed by atoms with Gasteiger partial charge in [0.05, 0.1) is 26.2 Å². The molecule has 2 rings (SSSR count). The van der Waals surface area contributed by atoms with Gasteiger partial charge in [-0.2, -0.15) is 0 Å². The Bertz CT molecular complexity index is 557. The summed E-state index contributed by atoms with van der Waals surface area (Å²) in [5, 5.41) is 25.4. The van der Waals surface area contributed by atoms with Crippen LogP contribution in [0, 0.1) is 18.2 Å². The number of aryl methyl sites for hydroxylation is 1. The summed E-state index contributed by atoms with van der Waals surface area (Å²) in [4.78, 5) is 22.7. The van der Waals surface area contributed by atoms with Crippen molar-refractivity contribution < 1.29 is 29.3 Å². The molecule has 0 heterocycles. The van der Waals surface area contributed by atoms with Gasteiger partial charge in [-0.05, 0) is 36.1 Å². The number of rotatable bonds is 4. The van der Waals surface area contributed by atoms with Crippen LogP contribution in [-0.2, 0) is 9.59 Å². The third-order valence-corrected chi connectivity index (χ3v) is 4.17. The van der Waals surface area contributed by atoms with E-state index >= 15 is 0 Å². The van der Waals surface area contributed by atoms with Crippen LogP contribution < -0.4 is 0 Å². The zero-order valence-electron chi connectivity index (χ0n) is 14.1. The van der Waals surface area contributed by atoms with Crippen molar-refractivity contribution in [2.24, 2.45) is 5.41 Å². The van der Waals surface area contributed by atoms with Crippen LogP contribution in [0.5, 0.6) is 0 Å². The lowest BCUT2D eigenvalue weighted by Gasteiger charge is -2.22. The number of aliphatic hydroxyl groups excluding tert-OH is 3. The molecule has 0 bridgehead atoms. The Morgan fingerprint density at radius 2 is 1.58 bits per heavy atom. The van der Waals surface area contributed by atoms with E-state index in [2.05, 4.69) is 0 Å². The van der Waals surface area contributed by atoms with E-state index in [0.717, 1.165) is 11.1 Å². The van der Waals surface area contributed by atoms with Crippen molar-refractivity contribution in [3.8, 4) is 0 Å². The lowest BCUT2D eigenvalue weighted by atomic mass is 9.81. The third kappa shape index (κ3) is 5.78. The lowest BCUT2D eigenvalue weighted by Crippen LogP contribution is -2.29. The topological polar surface area (TPSA) is 94.8 Å². The van der Waals surface area contributed by atoms with Crippen molar-refractivity contribution in [2.75, 3.05) is 19.8 Å². The second-order valence-electron chi connectivity index (χ2n) is 6.65. The maximum absolute atomic E-state index is 13.1. The van der Waals surface area contributed by atoms with Crippen LogP contribution in [0.3, 0.4) is 0 Å². The highest BCUT2D eigenvalue weighted by Gasteiger charge is 2.27. The minimum atomic E-state index is -0.708. The molecule has 0 unspecified atom stereocenters. The number of carbonyl (C=O) groups is 2. The average Bonchev–Trinajstić information content (AvgIpc) is 2.56. The minimum absolute atomic E-state index is 0.0371. The van der Waals surface area contributed by atoms with Crippen molar-refractivity contribution in [3.05, 3.63) is 35.1 Å². The molecule has 0 aliphatic heterocycles. The standard InChI is InChI=1S/C13H13FO2.C5H12O3/c1-8-2-3-10(14)6-13(8)9-4-11(15)7-12(16)5-9;1-5(2-6,3-7)4-8/h2-3,6,9H,4-5,7H2,1H3;6-8H,2-4H2,1H3. The van der Waals surface area contributed by atoms with Crippen LogP contribution in [0.1, 0.15) is 43.2 Å². The van der Waals surface area contributed by atoms with Crippen LogP contribution in [0.15, 0.2) is 18.2 Å². The van der Waals surface area contributed by atoms with E-state index in [1.807, 2.05) is 6.92 Å². The first kappa shape index (κ1) is 20.4. The molecule has 134 valence electrons. The predicted octanol–water partition coefficient (Wildman–Crippen LogP) is 1.51. The van der Waals surface area contributed by atoms with Crippen molar-refractivity contribution in [3.63, 3.8) is 0 Å². The fourth-order valence-corrected chi connectivity index (χ4v) is 2.41. The first-order chi connectivity index (χ1) is 11.2. The molecule has 1 aliphatic rings. The van der Waals surface area contributed by atoms with E-state index in [4.69, 9.17) is 15.3 Å². The van der Waals surface area contributed by atoms with Gasteiger partial charge in [-0.25, -0.2) is 4.39 Å². The summed E-state index contributed by atoms with van der Waals surface area (Å²) in [6.45, 7) is 2.94. The van der Waals surface area contributed by atoms with Crippen LogP contribution in [0.4, 0.5) is 4.39 Å². The smallest absolute Gasteiger partial charge is 0.140 e. The third-order valence-electron chi connectivity index (χ3n) is 4.17. The average molecular weight is 340 g/mol. The molecule has 1 aromatic rings. The molecule has 1 saturated carbocycles. The molecule has 5 nitrogen and oxygen atoms in total. The van der Waals surface area contributed by atoms with Crippen LogP contribution >= 0.6 is 0 Å². The van der Waals surface area contributed by atoms with Crippen LogP contribution in [-0.4, -0.2) is 46.7 Å². The molecule has 24 heavy (non-hydrogen) atoms. The minimum Gasteiger partial charge on any atom is -0.396 e. The maximum atomic E-state index is 13.1. The van der Waals surface area contributed by atoms with Crippen molar-refractivity contribution in [1.82, 2.24) is 0 Å². The summed E-state index contributed by atoms with van der Waals surface area (Å²) in [5.41, 5.74) is 1.02. The van der Waals surface area contributed by atoms with E-state index in [0.29, 0.717) is 12.8 Å². The van der Waals surface area contributed by atoms with Gasteiger partial charge in [0.2, 0.25) is 0 Å². The summed E-state index contributed by atoms with van der Waals surface area (Å²) in [7, 11) is 0. The van der Waals surface area contributed by atoms with E-state index in [1.165, 1.54) is 12.1 Å². The highest BCUT2D eigenvalue weighted by atomic mass is 19.1. The summed E-state index contributed by atoms with van der Waals surface area (Å²) in [6, 6.07) is 4.52. The number of hydrogen-bond acceptors (Lipinski definition) is 5. The monoisotopic (exact) mass is 340 g/mol. The first-order valence-corrected chi connectivity index (χ1v) is 7.86. The summed E-state index contributed by atoms with van der Waals surface area (Å²) < 4.78 is 13.1. The number of aliphatic hydroxyl groups is 3. The van der Waals surface area contributed by atoms with Gasteiger partial charge >= 0.3 is 0 Å². The first-order valence-electron chi connectivity index (χ1n) is 7.86. The lowest BCUT2D eigenvalue weighted by molar-refractivity contribution is -0.130. The van der Waals surface area contributed by atoms with Gasteiger partial charge < -0.3 is 15.3 Å². The molecule has 0 spiro atoms. The van der Waals surface area contributed by atoms with Gasteiger partial charge in [0.25, 0.3) is 0 Å². The highest BCUT2D eigenvalue weighted by molar-refractivity contribution is 6.02. The Morgan fingerprint density at radius 3 is 2.00 bits per heavy atom. The number of ketones is 2. The zero-order chi connectivity index (χ0) is 18.3. The van der Waals surface area contributed by atoms with E-state index in [1.54, 1.807) is 13.0 Å². The fourth-order valence-electron chi connectivity index (χ4n) is 2.41. The molecule has 1 aromatic carbocycles. The van der Waals surface area contributed by atoms with Crippen molar-refractivity contribution >= 4 is 11.6 Å². The maximum Gasteiger partial charge on any atom is 0.140 e. The predicted molar refractivity (Wildman–Crippen MR) is 87.1 cm³/mol. The summed E-state index contributed by atoms with van der Waals surface area (Å²) in [5.74, 6) is -0.523. The number of hydrogen-bond donors (Lipinski definition) is 3. The number of Topliss-reactive ketones (excluding diaryl/α,β-unsaturated/α-hetero) is 2. The Kier molecular flexibility index (Phi) is 7.66. The Labute approximate surface area is 141 Å². The highest BCUT2D eigenvalue weighted by Crippen LogP contribution is 2.31. The molecule has 0 amide bonds. The molecule has 1 fully saturated rings. The molecule has 6 heteroatoms. The quantitative estimate of drug-likeness (QED) is 0.722. The molecule has 0 radical (unpaired) electrons. The van der Waals surface area contributed by atoms with Gasteiger partial charge in [0, 0.05) is 18.3 Å². The molecule has 0 aromatic heterocycles. The summed E-state index contributed by atoms with van der Waals surface area (Å²) >= 11 is 0. The van der Waals surface area contributed by atoms with Crippen LogP contribution in [0.2, 0.25) is 0 Å². The fraction of sp³-hybridized carbons (Fsp3) is 0.556. The Hall–Kier alpha value is -1.63. The Balaban J connectivity index is 0.000000307. The van der Waals surface area contributed by atoms with Crippen molar-refractivity contribution in [2.45, 2.75) is 39.0 Å². The van der Waals surface area contributed by atoms with Gasteiger partial charge in [0.15, 0.2) is 0 Å². The van der Waals surface area contributed by atoms with E-state index in [-0.39, 0.29) is 49.5 Å². The van der Waals surface area contributed by atoms with Crippen molar-refractivity contribution in [1.29, 1.82) is 0 Å². The van der Waals surface area contributed by atoms with E-state index in [9.17, 15) is 14.0 Å². The summed E-state index contributed by atoms with van der Waals surface area (Å²) in [6.07, 6.45) is 0.761. The number of carbonyl (C=O) groups excluding carboxylic acids is 2. The number of benzene rings is 1.